The molecule has 3 amide bonds. The molecule has 2 aliphatic heterocycles. The summed E-state index contributed by atoms with van der Waals surface area (Å²) in [4.78, 5) is 46.3. The first-order valence-corrected chi connectivity index (χ1v) is 13.8. The van der Waals surface area contributed by atoms with Crippen LogP contribution in [0.4, 0.5) is 4.39 Å². The van der Waals surface area contributed by atoms with Gasteiger partial charge in [-0.2, -0.15) is 4.39 Å². The summed E-state index contributed by atoms with van der Waals surface area (Å²) in [5.41, 5.74) is 9.50. The Hall–Kier alpha value is -3.93. The first kappa shape index (κ1) is 27.6. The number of nitrogens with zero attached hydrogens (tertiary/aromatic N) is 6. The number of benzene rings is 1. The van der Waals surface area contributed by atoms with E-state index in [-0.39, 0.29) is 43.0 Å². The van der Waals surface area contributed by atoms with Crippen molar-refractivity contribution in [2.45, 2.75) is 57.2 Å². The summed E-state index contributed by atoms with van der Waals surface area (Å²) in [5, 5.41) is 11.1. The van der Waals surface area contributed by atoms with E-state index in [1.807, 2.05) is 30.1 Å². The first-order valence-electron chi connectivity index (χ1n) is 13.8. The van der Waals surface area contributed by atoms with Crippen LogP contribution < -0.4 is 11.1 Å². The molecule has 5 rings (SSSR count). The molecule has 3 aromatic rings. The van der Waals surface area contributed by atoms with Gasteiger partial charge in [-0.3, -0.25) is 14.4 Å². The number of carbonyl (C=O) groups excluding carboxylic acids is 3. The Morgan fingerprint density at radius 1 is 1.15 bits per heavy atom. The van der Waals surface area contributed by atoms with Crippen molar-refractivity contribution in [1.29, 1.82) is 0 Å². The highest BCUT2D eigenvalue weighted by Crippen LogP contribution is 2.28. The fourth-order valence-corrected chi connectivity index (χ4v) is 5.71. The van der Waals surface area contributed by atoms with Crippen molar-refractivity contribution in [1.82, 2.24) is 35.1 Å². The van der Waals surface area contributed by atoms with Crippen LogP contribution in [0.5, 0.6) is 0 Å². The predicted molar refractivity (Wildman–Crippen MR) is 145 cm³/mol. The number of aryl methyl sites for hydroxylation is 1. The Bertz CT molecular complexity index is 1390. The molecule has 2 aromatic heterocycles. The van der Waals surface area contributed by atoms with Crippen LogP contribution in [0.2, 0.25) is 0 Å². The summed E-state index contributed by atoms with van der Waals surface area (Å²) >= 11 is 0. The topological polar surface area (TPSA) is 139 Å². The molecule has 0 bridgehead atoms. The molecule has 11 nitrogen and oxygen atoms in total. The van der Waals surface area contributed by atoms with Crippen LogP contribution in [-0.2, 0) is 34.4 Å². The van der Waals surface area contributed by atoms with E-state index in [0.29, 0.717) is 19.4 Å². The van der Waals surface area contributed by atoms with Gasteiger partial charge in [0.1, 0.15) is 11.6 Å². The highest BCUT2D eigenvalue weighted by atomic mass is 19.1. The van der Waals surface area contributed by atoms with Crippen molar-refractivity contribution in [2.75, 3.05) is 19.6 Å². The summed E-state index contributed by atoms with van der Waals surface area (Å²) < 4.78 is 15.4. The van der Waals surface area contributed by atoms with Gasteiger partial charge < -0.3 is 20.9 Å². The molecular weight excluding hydrogens is 515 g/mol. The van der Waals surface area contributed by atoms with Gasteiger partial charge in [0.05, 0.1) is 11.6 Å². The fraction of sp³-hybridized carbons (Fsp3) is 0.500. The van der Waals surface area contributed by atoms with E-state index >= 15 is 0 Å². The Morgan fingerprint density at radius 3 is 2.73 bits per heavy atom. The SMILES string of the molecule is Cn1nnc2cc(CNC(=O)C3CC(Cc4ccnc(F)c4)CN3C(=O)C(N)CCC(=O)N3CCCC3)ccc21. The maximum atomic E-state index is 13.7. The standard InChI is InChI=1S/C28H35FN8O3/c1-35-23-6-4-19(13-22(23)33-34-35)16-32-27(39)24-14-20(12-18-8-9-31-25(29)15-18)17-37(24)28(40)21(30)5-7-26(38)36-10-2-3-11-36/h4,6,8-9,13,15,20-21,24H,2-3,5,7,10-12,14,16-17,30H2,1H3,(H,32,39). The van der Waals surface area contributed by atoms with Crippen molar-refractivity contribution in [3.8, 4) is 0 Å². The van der Waals surface area contributed by atoms with Crippen molar-refractivity contribution in [3.05, 3.63) is 53.6 Å². The molecule has 212 valence electrons. The van der Waals surface area contributed by atoms with Crippen LogP contribution in [0.15, 0.2) is 36.5 Å². The van der Waals surface area contributed by atoms with Crippen LogP contribution in [0.1, 0.15) is 43.2 Å². The van der Waals surface area contributed by atoms with E-state index in [4.69, 9.17) is 5.73 Å². The molecule has 12 heteroatoms. The highest BCUT2D eigenvalue weighted by molar-refractivity contribution is 5.90. The largest absolute Gasteiger partial charge is 0.350 e. The van der Waals surface area contributed by atoms with E-state index in [9.17, 15) is 18.8 Å². The van der Waals surface area contributed by atoms with Gasteiger partial charge in [0.15, 0.2) is 0 Å². The number of halogens is 1. The van der Waals surface area contributed by atoms with Crippen LogP contribution in [0, 0.1) is 11.9 Å². The molecule has 2 fully saturated rings. The lowest BCUT2D eigenvalue weighted by Crippen LogP contribution is -2.51. The minimum absolute atomic E-state index is 0.00845. The predicted octanol–water partition coefficient (Wildman–Crippen LogP) is 1.31. The second kappa shape index (κ2) is 12.1. The molecule has 3 unspecified atom stereocenters. The molecule has 3 atom stereocenters. The van der Waals surface area contributed by atoms with Crippen molar-refractivity contribution in [3.63, 3.8) is 0 Å². The second-order valence-corrected chi connectivity index (χ2v) is 10.8. The second-order valence-electron chi connectivity index (χ2n) is 10.8. The van der Waals surface area contributed by atoms with E-state index in [1.54, 1.807) is 10.7 Å². The summed E-state index contributed by atoms with van der Waals surface area (Å²) in [6.07, 6.45) is 4.74. The lowest BCUT2D eigenvalue weighted by Gasteiger charge is -2.27. The van der Waals surface area contributed by atoms with Crippen molar-refractivity contribution >= 4 is 28.8 Å². The number of fused-ring (bicyclic) bond motifs is 1. The van der Waals surface area contributed by atoms with Gasteiger partial charge in [0.25, 0.3) is 0 Å². The lowest BCUT2D eigenvalue weighted by atomic mass is 9.97. The quantitative estimate of drug-likeness (QED) is 0.383. The van der Waals surface area contributed by atoms with Crippen LogP contribution in [-0.4, -0.2) is 79.2 Å². The highest BCUT2D eigenvalue weighted by Gasteiger charge is 2.41. The summed E-state index contributed by atoms with van der Waals surface area (Å²) in [5.74, 6) is -1.25. The zero-order valence-electron chi connectivity index (χ0n) is 22.6. The number of hydrogen-bond donors (Lipinski definition) is 2. The van der Waals surface area contributed by atoms with Crippen LogP contribution >= 0.6 is 0 Å². The monoisotopic (exact) mass is 550 g/mol. The third-order valence-electron chi connectivity index (χ3n) is 7.88. The average molecular weight is 551 g/mol. The molecule has 0 saturated carbocycles. The Kier molecular flexibility index (Phi) is 8.34. The molecule has 3 N–H and O–H groups in total. The van der Waals surface area contributed by atoms with Gasteiger partial charge in [-0.1, -0.05) is 11.3 Å². The Balaban J connectivity index is 1.25. The summed E-state index contributed by atoms with van der Waals surface area (Å²) in [6, 6.07) is 7.17. The van der Waals surface area contributed by atoms with Crippen LogP contribution in [0.25, 0.3) is 11.0 Å². The maximum Gasteiger partial charge on any atom is 0.243 e. The lowest BCUT2D eigenvalue weighted by molar-refractivity contribution is -0.140. The number of nitrogens with two attached hydrogens (primary N) is 1. The van der Waals surface area contributed by atoms with E-state index in [1.165, 1.54) is 17.2 Å². The molecule has 40 heavy (non-hydrogen) atoms. The minimum atomic E-state index is -0.891. The Morgan fingerprint density at radius 2 is 1.95 bits per heavy atom. The fourth-order valence-electron chi connectivity index (χ4n) is 5.71. The number of likely N-dealkylation sites (tertiary alicyclic amines) is 2. The third-order valence-corrected chi connectivity index (χ3v) is 7.88. The van der Waals surface area contributed by atoms with Gasteiger partial charge in [0.2, 0.25) is 23.7 Å². The number of aromatic nitrogens is 4. The van der Waals surface area contributed by atoms with Crippen molar-refractivity contribution in [2.24, 2.45) is 18.7 Å². The van der Waals surface area contributed by atoms with E-state index < -0.39 is 18.0 Å². The minimum Gasteiger partial charge on any atom is -0.350 e. The van der Waals surface area contributed by atoms with Gasteiger partial charge >= 0.3 is 0 Å². The Labute approximate surface area is 231 Å². The summed E-state index contributed by atoms with van der Waals surface area (Å²) in [6.45, 7) is 2.08. The number of carbonyl (C=O) groups is 3. The normalized spacial score (nSPS) is 19.8. The number of pyridine rings is 1. The zero-order chi connectivity index (χ0) is 28.2. The molecule has 4 heterocycles. The summed E-state index contributed by atoms with van der Waals surface area (Å²) in [7, 11) is 1.81. The molecule has 0 aliphatic carbocycles. The number of nitrogens with one attached hydrogen (secondary N) is 1. The number of hydrogen-bond acceptors (Lipinski definition) is 7. The smallest absolute Gasteiger partial charge is 0.243 e. The van der Waals surface area contributed by atoms with Crippen LogP contribution in [0.3, 0.4) is 0 Å². The maximum absolute atomic E-state index is 13.7. The van der Waals surface area contributed by atoms with E-state index in [0.717, 1.165) is 48.1 Å². The molecule has 0 radical (unpaired) electrons. The van der Waals surface area contributed by atoms with Gasteiger partial charge in [-0.05, 0) is 73.4 Å². The molecule has 0 spiro atoms. The molecule has 1 aromatic carbocycles. The van der Waals surface area contributed by atoms with E-state index in [2.05, 4.69) is 20.6 Å². The van der Waals surface area contributed by atoms with Gasteiger partial charge in [-0.15, -0.1) is 5.10 Å². The molecule has 2 aliphatic rings. The zero-order valence-corrected chi connectivity index (χ0v) is 22.6. The molecule has 2 saturated heterocycles. The van der Waals surface area contributed by atoms with Gasteiger partial charge in [-0.25, -0.2) is 9.67 Å². The number of amides is 3. The van der Waals surface area contributed by atoms with Gasteiger partial charge in [0, 0.05) is 45.8 Å². The number of rotatable bonds is 9. The molecular formula is C28H35FN8O3. The third kappa shape index (κ3) is 6.27. The first-order chi connectivity index (χ1) is 19.3. The average Bonchev–Trinajstić information content (AvgIpc) is 3.71. The van der Waals surface area contributed by atoms with Crippen molar-refractivity contribution < 1.29 is 18.8 Å².